The van der Waals surface area contributed by atoms with Crippen LogP contribution >= 0.6 is 38.9 Å². The van der Waals surface area contributed by atoms with Crippen LogP contribution in [0, 0.1) is 0 Å². The predicted molar refractivity (Wildman–Crippen MR) is 121 cm³/mol. The Kier molecular flexibility index (Phi) is 6.09. The fourth-order valence-corrected chi connectivity index (χ4v) is 3.97. The highest BCUT2D eigenvalue weighted by molar-refractivity contribution is 9.10. The number of aromatic nitrogens is 1. The molecule has 0 saturated carbocycles. The molecule has 4 rings (SSSR count). The molecule has 1 heterocycles. The number of benzene rings is 3. The number of hydrogen-bond acceptors (Lipinski definition) is 4. The second-order valence-electron chi connectivity index (χ2n) is 6.26. The summed E-state index contributed by atoms with van der Waals surface area (Å²) in [5, 5.41) is 3.32. The molecule has 3 aromatic carbocycles. The van der Waals surface area contributed by atoms with Gasteiger partial charge in [-0.15, -0.1) is 11.3 Å². The van der Waals surface area contributed by atoms with Crippen LogP contribution in [0.5, 0.6) is 5.75 Å². The van der Waals surface area contributed by atoms with Gasteiger partial charge in [0.05, 0.1) is 11.3 Å². The van der Waals surface area contributed by atoms with Crippen molar-refractivity contribution in [2.24, 2.45) is 0 Å². The van der Waals surface area contributed by atoms with Gasteiger partial charge in [-0.25, -0.2) is 4.98 Å². The minimum atomic E-state index is -0.127. The normalized spacial score (nSPS) is 10.7. The van der Waals surface area contributed by atoms with Crippen LogP contribution in [0.2, 0.25) is 5.02 Å². The summed E-state index contributed by atoms with van der Waals surface area (Å²) in [7, 11) is 0. The van der Waals surface area contributed by atoms with Crippen LogP contribution in [0.1, 0.15) is 20.9 Å². The van der Waals surface area contributed by atoms with Crippen LogP contribution in [-0.2, 0) is 6.61 Å². The smallest absolute Gasteiger partial charge is 0.196 e. The first-order valence-corrected chi connectivity index (χ1v) is 10.9. The standard InChI is InChI=1S/C23H15BrClNO2S/c24-17-8-6-15(7-9-17)20-14-29-22(26-20)13-28-21-11-10-18(25)12-19(21)23(27)16-4-2-1-3-5-16/h1-12,14H,13H2. The van der Waals surface area contributed by atoms with E-state index in [-0.39, 0.29) is 12.4 Å². The highest BCUT2D eigenvalue weighted by Gasteiger charge is 2.16. The molecule has 0 saturated heterocycles. The Balaban J connectivity index is 1.53. The zero-order valence-corrected chi connectivity index (χ0v) is 18.3. The van der Waals surface area contributed by atoms with Crippen LogP contribution in [0.25, 0.3) is 11.3 Å². The van der Waals surface area contributed by atoms with Crippen molar-refractivity contribution in [1.29, 1.82) is 0 Å². The summed E-state index contributed by atoms with van der Waals surface area (Å²) < 4.78 is 6.98. The van der Waals surface area contributed by atoms with Crippen LogP contribution in [-0.4, -0.2) is 10.8 Å². The molecular formula is C23H15BrClNO2S. The van der Waals surface area contributed by atoms with E-state index in [1.165, 1.54) is 11.3 Å². The van der Waals surface area contributed by atoms with Crippen molar-refractivity contribution in [3.63, 3.8) is 0 Å². The Hall–Kier alpha value is -2.47. The lowest BCUT2D eigenvalue weighted by molar-refractivity contribution is 0.103. The van der Waals surface area contributed by atoms with E-state index in [0.29, 0.717) is 21.9 Å². The second kappa shape index (κ2) is 8.91. The first-order valence-electron chi connectivity index (χ1n) is 8.82. The maximum absolute atomic E-state index is 12.9. The maximum Gasteiger partial charge on any atom is 0.196 e. The average Bonchev–Trinajstić information content (AvgIpc) is 3.22. The summed E-state index contributed by atoms with van der Waals surface area (Å²) in [6.07, 6.45) is 0. The predicted octanol–water partition coefficient (Wildman–Crippen LogP) is 7.04. The zero-order valence-electron chi connectivity index (χ0n) is 15.1. The van der Waals surface area contributed by atoms with Gasteiger partial charge < -0.3 is 4.74 Å². The molecule has 0 spiro atoms. The van der Waals surface area contributed by atoms with Crippen LogP contribution in [0.3, 0.4) is 0 Å². The van der Waals surface area contributed by atoms with E-state index >= 15 is 0 Å². The molecule has 0 bridgehead atoms. The van der Waals surface area contributed by atoms with Gasteiger partial charge in [0.15, 0.2) is 5.78 Å². The molecule has 0 aliphatic rings. The van der Waals surface area contributed by atoms with E-state index in [0.717, 1.165) is 20.7 Å². The Morgan fingerprint density at radius 2 is 1.79 bits per heavy atom. The molecule has 0 aliphatic heterocycles. The van der Waals surface area contributed by atoms with Gasteiger partial charge >= 0.3 is 0 Å². The third-order valence-electron chi connectivity index (χ3n) is 4.27. The average molecular weight is 485 g/mol. The van der Waals surface area contributed by atoms with Crippen LogP contribution < -0.4 is 4.74 Å². The molecule has 0 radical (unpaired) electrons. The van der Waals surface area contributed by atoms with Gasteiger partial charge in [-0.1, -0.05) is 70.0 Å². The largest absolute Gasteiger partial charge is 0.486 e. The van der Waals surface area contributed by atoms with Gasteiger partial charge in [0.1, 0.15) is 17.4 Å². The monoisotopic (exact) mass is 483 g/mol. The quantitative estimate of drug-likeness (QED) is 0.276. The SMILES string of the molecule is O=C(c1ccccc1)c1cc(Cl)ccc1OCc1nc(-c2ccc(Br)cc2)cs1. The summed E-state index contributed by atoms with van der Waals surface area (Å²) in [5.74, 6) is 0.362. The summed E-state index contributed by atoms with van der Waals surface area (Å²) in [5.41, 5.74) is 2.97. The number of nitrogens with zero attached hydrogens (tertiary/aromatic N) is 1. The summed E-state index contributed by atoms with van der Waals surface area (Å²) in [4.78, 5) is 17.5. The topological polar surface area (TPSA) is 39.2 Å². The van der Waals surface area contributed by atoms with E-state index < -0.39 is 0 Å². The zero-order chi connectivity index (χ0) is 20.2. The summed E-state index contributed by atoms with van der Waals surface area (Å²) in [6, 6.07) is 22.2. The van der Waals surface area contributed by atoms with E-state index in [9.17, 15) is 4.79 Å². The Morgan fingerprint density at radius 1 is 1.03 bits per heavy atom. The Bertz CT molecular complexity index is 1140. The fraction of sp³-hybridized carbons (Fsp3) is 0.0435. The number of rotatable bonds is 6. The third-order valence-corrected chi connectivity index (χ3v) is 5.85. The lowest BCUT2D eigenvalue weighted by atomic mass is 10.0. The minimum absolute atomic E-state index is 0.127. The van der Waals surface area contributed by atoms with Crippen molar-refractivity contribution in [3.8, 4) is 17.0 Å². The number of ketones is 1. The fourth-order valence-electron chi connectivity index (χ4n) is 2.82. The first-order chi connectivity index (χ1) is 14.1. The van der Waals surface area contributed by atoms with E-state index in [4.69, 9.17) is 16.3 Å². The van der Waals surface area contributed by atoms with Crippen LogP contribution in [0.4, 0.5) is 0 Å². The summed E-state index contributed by atoms with van der Waals surface area (Å²) >= 11 is 11.1. The Labute approximate surface area is 186 Å². The second-order valence-corrected chi connectivity index (χ2v) is 8.55. The van der Waals surface area contributed by atoms with Crippen LogP contribution in [0.15, 0.2) is 82.6 Å². The highest BCUT2D eigenvalue weighted by atomic mass is 79.9. The lowest BCUT2D eigenvalue weighted by Gasteiger charge is -2.10. The molecule has 0 unspecified atom stereocenters. The molecule has 4 aromatic rings. The molecule has 6 heteroatoms. The van der Waals surface area contributed by atoms with E-state index in [1.54, 1.807) is 30.3 Å². The molecule has 0 amide bonds. The lowest BCUT2D eigenvalue weighted by Crippen LogP contribution is -2.05. The first kappa shape index (κ1) is 19.8. The number of carbonyl (C=O) groups is 1. The molecule has 0 fully saturated rings. The van der Waals surface area contributed by atoms with Gasteiger partial charge in [0.2, 0.25) is 0 Å². The van der Waals surface area contributed by atoms with Gasteiger partial charge in [-0.3, -0.25) is 4.79 Å². The third kappa shape index (κ3) is 4.75. The van der Waals surface area contributed by atoms with Gasteiger partial charge in [0.25, 0.3) is 0 Å². The Morgan fingerprint density at radius 3 is 2.55 bits per heavy atom. The number of hydrogen-bond donors (Lipinski definition) is 0. The molecule has 1 aromatic heterocycles. The van der Waals surface area contributed by atoms with E-state index in [2.05, 4.69) is 20.9 Å². The number of ether oxygens (including phenoxy) is 1. The van der Waals surface area contributed by atoms with Gasteiger partial charge in [-0.2, -0.15) is 0 Å². The van der Waals surface area contributed by atoms with Crippen molar-refractivity contribution in [2.75, 3.05) is 0 Å². The number of carbonyl (C=O) groups excluding carboxylic acids is 1. The van der Waals surface area contributed by atoms with Crippen molar-refractivity contribution < 1.29 is 9.53 Å². The molecular weight excluding hydrogens is 470 g/mol. The minimum Gasteiger partial charge on any atom is -0.486 e. The maximum atomic E-state index is 12.9. The van der Waals surface area contributed by atoms with Crippen molar-refractivity contribution in [1.82, 2.24) is 4.98 Å². The molecule has 29 heavy (non-hydrogen) atoms. The van der Waals surface area contributed by atoms with Gasteiger partial charge in [-0.05, 0) is 30.3 Å². The summed E-state index contributed by atoms with van der Waals surface area (Å²) in [6.45, 7) is 0.276. The molecule has 0 N–H and O–H groups in total. The number of halogens is 2. The van der Waals surface area contributed by atoms with E-state index in [1.807, 2.05) is 47.8 Å². The van der Waals surface area contributed by atoms with Crippen molar-refractivity contribution in [2.45, 2.75) is 6.61 Å². The molecule has 144 valence electrons. The van der Waals surface area contributed by atoms with Gasteiger partial charge in [0, 0.05) is 26.0 Å². The van der Waals surface area contributed by atoms with Crippen molar-refractivity contribution >= 4 is 44.7 Å². The molecule has 0 atom stereocenters. The highest BCUT2D eigenvalue weighted by Crippen LogP contribution is 2.28. The van der Waals surface area contributed by atoms with Crippen molar-refractivity contribution in [3.05, 3.63) is 104 Å². The number of thiazole rings is 1. The molecule has 0 aliphatic carbocycles. The molecule has 3 nitrogen and oxygen atoms in total.